The Bertz CT molecular complexity index is 519. The molecule has 0 bridgehead atoms. The van der Waals surface area contributed by atoms with Gasteiger partial charge in [-0.3, -0.25) is 0 Å². The van der Waals surface area contributed by atoms with E-state index in [4.69, 9.17) is 9.47 Å². The number of ether oxygens (including phenoxy) is 2. The SMILES string of the molecule is C=C[C@@]1(C)CC[C@H](C2(C)OC2/C=C/C(C)(CO)OC)C[C@@H]1C(=C)C. The molecule has 24 heavy (non-hydrogen) atoms. The van der Waals surface area contributed by atoms with E-state index in [1.54, 1.807) is 7.11 Å². The van der Waals surface area contributed by atoms with Crippen molar-refractivity contribution in [2.24, 2.45) is 17.3 Å². The lowest BCUT2D eigenvalue weighted by Gasteiger charge is -2.44. The first kappa shape index (κ1) is 19.4. The zero-order valence-corrected chi connectivity index (χ0v) is 16.0. The van der Waals surface area contributed by atoms with Crippen LogP contribution in [0.4, 0.5) is 0 Å². The number of epoxide rings is 1. The van der Waals surface area contributed by atoms with Crippen LogP contribution in [0, 0.1) is 17.3 Å². The van der Waals surface area contributed by atoms with Gasteiger partial charge in [0.15, 0.2) is 0 Å². The molecular weight excluding hydrogens is 300 g/mol. The Morgan fingerprint density at radius 2 is 2.12 bits per heavy atom. The molecule has 136 valence electrons. The van der Waals surface area contributed by atoms with Crippen LogP contribution in [0.2, 0.25) is 0 Å². The molecule has 0 amide bonds. The summed E-state index contributed by atoms with van der Waals surface area (Å²) in [6.07, 6.45) is 9.56. The van der Waals surface area contributed by atoms with Gasteiger partial charge in [-0.25, -0.2) is 0 Å². The van der Waals surface area contributed by atoms with Crippen molar-refractivity contribution in [1.29, 1.82) is 0 Å². The van der Waals surface area contributed by atoms with E-state index in [-0.39, 0.29) is 23.7 Å². The maximum atomic E-state index is 9.44. The van der Waals surface area contributed by atoms with Crippen molar-refractivity contribution >= 4 is 0 Å². The van der Waals surface area contributed by atoms with E-state index >= 15 is 0 Å². The van der Waals surface area contributed by atoms with Gasteiger partial charge in [0.05, 0.1) is 12.2 Å². The molecule has 2 fully saturated rings. The summed E-state index contributed by atoms with van der Waals surface area (Å²) in [5.41, 5.74) is 0.633. The topological polar surface area (TPSA) is 42.0 Å². The summed E-state index contributed by atoms with van der Waals surface area (Å²) in [5, 5.41) is 9.44. The van der Waals surface area contributed by atoms with Gasteiger partial charge in [-0.1, -0.05) is 37.3 Å². The van der Waals surface area contributed by atoms with Crippen LogP contribution in [-0.2, 0) is 9.47 Å². The molecular formula is C21H34O3. The lowest BCUT2D eigenvalue weighted by atomic mass is 9.60. The Kier molecular flexibility index (Phi) is 5.49. The smallest absolute Gasteiger partial charge is 0.106 e. The Labute approximate surface area is 147 Å². The van der Waals surface area contributed by atoms with Gasteiger partial charge < -0.3 is 14.6 Å². The van der Waals surface area contributed by atoms with Crippen molar-refractivity contribution in [3.63, 3.8) is 0 Å². The minimum Gasteiger partial charge on any atom is -0.393 e. The molecule has 1 saturated heterocycles. The molecule has 2 aliphatic rings. The minimum atomic E-state index is -0.638. The molecule has 0 aromatic rings. The predicted octanol–water partition coefficient (Wildman–Crippen LogP) is 4.28. The first-order valence-electron chi connectivity index (χ1n) is 8.96. The van der Waals surface area contributed by atoms with Gasteiger partial charge in [0.1, 0.15) is 11.7 Å². The number of aliphatic hydroxyl groups excluding tert-OH is 1. The molecule has 2 rings (SSSR count). The zero-order valence-electron chi connectivity index (χ0n) is 16.0. The average molecular weight is 335 g/mol. The molecule has 1 aliphatic heterocycles. The molecule has 1 aliphatic carbocycles. The Balaban J connectivity index is 2.07. The van der Waals surface area contributed by atoms with E-state index in [0.717, 1.165) is 19.3 Å². The van der Waals surface area contributed by atoms with Gasteiger partial charge in [0.2, 0.25) is 0 Å². The minimum absolute atomic E-state index is 0.0394. The fourth-order valence-corrected chi connectivity index (χ4v) is 4.13. The molecule has 0 aromatic heterocycles. The Morgan fingerprint density at radius 1 is 1.46 bits per heavy atom. The molecule has 0 spiro atoms. The van der Waals surface area contributed by atoms with E-state index in [0.29, 0.717) is 11.8 Å². The fourth-order valence-electron chi connectivity index (χ4n) is 4.13. The summed E-state index contributed by atoms with van der Waals surface area (Å²) in [6, 6.07) is 0. The molecule has 6 atom stereocenters. The molecule has 0 aromatic carbocycles. The second-order valence-corrected chi connectivity index (χ2v) is 8.34. The number of methoxy groups -OCH3 is 1. The van der Waals surface area contributed by atoms with E-state index < -0.39 is 5.60 Å². The number of rotatable bonds is 7. The van der Waals surface area contributed by atoms with Crippen LogP contribution in [0.15, 0.2) is 37.0 Å². The zero-order chi connectivity index (χ0) is 18.2. The Morgan fingerprint density at radius 3 is 2.62 bits per heavy atom. The second kappa shape index (κ2) is 6.78. The monoisotopic (exact) mass is 334 g/mol. The summed E-state index contributed by atoms with van der Waals surface area (Å²) < 4.78 is 11.4. The van der Waals surface area contributed by atoms with Crippen LogP contribution < -0.4 is 0 Å². The van der Waals surface area contributed by atoms with Crippen LogP contribution in [0.1, 0.15) is 47.0 Å². The predicted molar refractivity (Wildman–Crippen MR) is 98.9 cm³/mol. The molecule has 3 heteroatoms. The summed E-state index contributed by atoms with van der Waals surface area (Å²) >= 11 is 0. The van der Waals surface area contributed by atoms with Gasteiger partial charge in [0.25, 0.3) is 0 Å². The number of allylic oxidation sites excluding steroid dienone is 2. The van der Waals surface area contributed by atoms with Crippen LogP contribution in [-0.4, -0.2) is 36.1 Å². The first-order valence-corrected chi connectivity index (χ1v) is 8.96. The summed E-state index contributed by atoms with van der Waals surface area (Å²) in [4.78, 5) is 0. The third kappa shape index (κ3) is 3.54. The number of hydrogen-bond donors (Lipinski definition) is 1. The molecule has 1 heterocycles. The molecule has 3 nitrogen and oxygen atoms in total. The highest BCUT2D eigenvalue weighted by atomic mass is 16.6. The number of hydrogen-bond acceptors (Lipinski definition) is 3. The van der Waals surface area contributed by atoms with Crippen LogP contribution in [0.5, 0.6) is 0 Å². The third-order valence-electron chi connectivity index (χ3n) is 6.51. The van der Waals surface area contributed by atoms with Crippen molar-refractivity contribution in [1.82, 2.24) is 0 Å². The van der Waals surface area contributed by atoms with Gasteiger partial charge in [0, 0.05) is 7.11 Å². The van der Waals surface area contributed by atoms with Gasteiger partial charge in [-0.2, -0.15) is 0 Å². The van der Waals surface area contributed by atoms with Crippen molar-refractivity contribution in [3.05, 3.63) is 37.0 Å². The first-order chi connectivity index (χ1) is 11.1. The Hall–Kier alpha value is -0.900. The lowest BCUT2D eigenvalue weighted by molar-refractivity contribution is 0.000180. The van der Waals surface area contributed by atoms with Crippen LogP contribution in [0.3, 0.4) is 0 Å². The van der Waals surface area contributed by atoms with Crippen LogP contribution in [0.25, 0.3) is 0 Å². The van der Waals surface area contributed by atoms with E-state index in [1.165, 1.54) is 5.57 Å². The number of aliphatic hydroxyl groups is 1. The standard InChI is InChI=1S/C21H34O3/c1-8-19(4)11-9-16(13-17(19)15(2)3)21(6)18(24-21)10-12-20(5,14-22)23-7/h8,10,12,16-18,22H,1-2,9,11,13-14H2,3-7H3/b12-10+/t16-,17+,18?,19-,20?,21?/m0/s1. The summed E-state index contributed by atoms with van der Waals surface area (Å²) in [7, 11) is 1.61. The highest BCUT2D eigenvalue weighted by Gasteiger charge is 2.58. The second-order valence-electron chi connectivity index (χ2n) is 8.34. The van der Waals surface area contributed by atoms with Crippen molar-refractivity contribution in [2.45, 2.75) is 64.3 Å². The maximum absolute atomic E-state index is 9.44. The normalized spacial score (nSPS) is 41.8. The van der Waals surface area contributed by atoms with Gasteiger partial charge in [-0.15, -0.1) is 6.58 Å². The van der Waals surface area contributed by atoms with Crippen molar-refractivity contribution in [2.75, 3.05) is 13.7 Å². The molecule has 0 radical (unpaired) electrons. The molecule has 3 unspecified atom stereocenters. The highest BCUT2D eigenvalue weighted by Crippen LogP contribution is 2.55. The molecule has 1 N–H and O–H groups in total. The van der Waals surface area contributed by atoms with E-state index in [9.17, 15) is 5.11 Å². The lowest BCUT2D eigenvalue weighted by Crippen LogP contribution is -2.38. The largest absolute Gasteiger partial charge is 0.393 e. The van der Waals surface area contributed by atoms with E-state index in [2.05, 4.69) is 46.1 Å². The highest BCUT2D eigenvalue weighted by molar-refractivity contribution is 5.20. The van der Waals surface area contributed by atoms with Crippen LogP contribution >= 0.6 is 0 Å². The third-order valence-corrected chi connectivity index (χ3v) is 6.51. The van der Waals surface area contributed by atoms with Crippen molar-refractivity contribution < 1.29 is 14.6 Å². The fraction of sp³-hybridized carbons (Fsp3) is 0.714. The summed E-state index contributed by atoms with van der Waals surface area (Å²) in [6.45, 7) is 16.8. The quantitative estimate of drug-likeness (QED) is 0.558. The molecule has 1 saturated carbocycles. The maximum Gasteiger partial charge on any atom is 0.106 e. The summed E-state index contributed by atoms with van der Waals surface area (Å²) in [5.74, 6) is 0.978. The van der Waals surface area contributed by atoms with Gasteiger partial charge in [-0.05, 0) is 57.3 Å². The van der Waals surface area contributed by atoms with Gasteiger partial charge >= 0.3 is 0 Å². The van der Waals surface area contributed by atoms with Crippen molar-refractivity contribution in [3.8, 4) is 0 Å². The average Bonchev–Trinajstić information content (AvgIpc) is 3.24. The van der Waals surface area contributed by atoms with E-state index in [1.807, 2.05) is 13.0 Å².